The molecule has 8 heteroatoms. The molecule has 0 unspecified atom stereocenters. The molecule has 2 N–H and O–H groups in total. The van der Waals surface area contributed by atoms with Crippen molar-refractivity contribution in [3.8, 4) is 0 Å². The molecule has 1 heterocycles. The van der Waals surface area contributed by atoms with E-state index in [1.165, 1.54) is 0 Å². The largest absolute Gasteiger partial charge is 0.396 e. The molecule has 1 aromatic heterocycles. The van der Waals surface area contributed by atoms with Crippen molar-refractivity contribution in [2.75, 3.05) is 24.7 Å². The van der Waals surface area contributed by atoms with Gasteiger partial charge in [-0.3, -0.25) is 0 Å². The van der Waals surface area contributed by atoms with Crippen LogP contribution in [0.1, 0.15) is 17.9 Å². The normalized spacial score (nSPS) is 11.9. The second kappa shape index (κ2) is 7.13. The van der Waals surface area contributed by atoms with Crippen molar-refractivity contribution in [2.24, 2.45) is 0 Å². The maximum Gasteiger partial charge on any atom is 0.245 e. The standard InChI is InChI=1S/C10H18N2O4S2/c1-8-10(9(2)16-12-8)18(14,15)11-4-7-17-6-3-5-13/h11,13H,3-7H2,1-2H3. The minimum absolute atomic E-state index is 0.128. The number of aliphatic hydroxyl groups is 1. The lowest BCUT2D eigenvalue weighted by atomic mass is 10.4. The van der Waals surface area contributed by atoms with Gasteiger partial charge in [0, 0.05) is 18.9 Å². The zero-order chi connectivity index (χ0) is 13.6. The number of nitrogens with zero attached hydrogens (tertiary/aromatic N) is 1. The van der Waals surface area contributed by atoms with Crippen molar-refractivity contribution in [3.05, 3.63) is 11.5 Å². The summed E-state index contributed by atoms with van der Waals surface area (Å²) in [7, 11) is -3.54. The summed E-state index contributed by atoms with van der Waals surface area (Å²) in [5, 5.41) is 12.2. The van der Waals surface area contributed by atoms with Crippen molar-refractivity contribution in [1.82, 2.24) is 9.88 Å². The Morgan fingerprint density at radius 3 is 2.67 bits per heavy atom. The summed E-state index contributed by atoms with van der Waals surface area (Å²) < 4.78 is 31.3. The fraction of sp³-hybridized carbons (Fsp3) is 0.700. The van der Waals surface area contributed by atoms with Gasteiger partial charge in [0.25, 0.3) is 0 Å². The van der Waals surface area contributed by atoms with Crippen LogP contribution in [0.4, 0.5) is 0 Å². The van der Waals surface area contributed by atoms with Gasteiger partial charge < -0.3 is 9.63 Å². The van der Waals surface area contributed by atoms with E-state index >= 15 is 0 Å². The van der Waals surface area contributed by atoms with E-state index in [2.05, 4.69) is 9.88 Å². The van der Waals surface area contributed by atoms with E-state index < -0.39 is 10.0 Å². The summed E-state index contributed by atoms with van der Waals surface area (Å²) in [5.41, 5.74) is 0.368. The Kier molecular flexibility index (Phi) is 6.13. The van der Waals surface area contributed by atoms with E-state index in [9.17, 15) is 8.42 Å². The van der Waals surface area contributed by atoms with Gasteiger partial charge in [0.15, 0.2) is 5.76 Å². The summed E-state index contributed by atoms with van der Waals surface area (Å²) in [6, 6.07) is 0. The molecule has 1 aromatic rings. The lowest BCUT2D eigenvalue weighted by Crippen LogP contribution is -2.27. The van der Waals surface area contributed by atoms with Crippen LogP contribution in [0.3, 0.4) is 0 Å². The van der Waals surface area contributed by atoms with E-state index in [4.69, 9.17) is 9.63 Å². The third-order valence-corrected chi connectivity index (χ3v) is 5.00. The molecule has 18 heavy (non-hydrogen) atoms. The average Bonchev–Trinajstić information content (AvgIpc) is 2.64. The number of sulfonamides is 1. The van der Waals surface area contributed by atoms with Gasteiger partial charge in [-0.25, -0.2) is 13.1 Å². The molecular weight excluding hydrogens is 276 g/mol. The number of hydrogen-bond donors (Lipinski definition) is 2. The van der Waals surface area contributed by atoms with Crippen molar-refractivity contribution >= 4 is 21.8 Å². The maximum atomic E-state index is 12.0. The minimum Gasteiger partial charge on any atom is -0.396 e. The van der Waals surface area contributed by atoms with Crippen LogP contribution < -0.4 is 4.72 Å². The van der Waals surface area contributed by atoms with Crippen LogP contribution in [0.25, 0.3) is 0 Å². The molecule has 0 atom stereocenters. The summed E-state index contributed by atoms with van der Waals surface area (Å²) in [4.78, 5) is 0.128. The third-order valence-electron chi connectivity index (χ3n) is 2.22. The fourth-order valence-corrected chi connectivity index (χ4v) is 3.72. The molecule has 0 spiro atoms. The van der Waals surface area contributed by atoms with Gasteiger partial charge in [0.05, 0.1) is 0 Å². The van der Waals surface area contributed by atoms with Gasteiger partial charge >= 0.3 is 0 Å². The summed E-state index contributed by atoms with van der Waals surface area (Å²) in [6.07, 6.45) is 0.723. The molecule has 6 nitrogen and oxygen atoms in total. The number of rotatable bonds is 8. The Bertz CT molecular complexity index is 451. The predicted molar refractivity (Wildman–Crippen MR) is 70.2 cm³/mol. The highest BCUT2D eigenvalue weighted by molar-refractivity contribution is 7.99. The molecule has 0 aliphatic carbocycles. The Balaban J connectivity index is 2.46. The predicted octanol–water partition coefficient (Wildman–Crippen LogP) is 0.685. The second-order valence-electron chi connectivity index (χ2n) is 3.74. The number of aliphatic hydroxyl groups excluding tert-OH is 1. The van der Waals surface area contributed by atoms with Crippen LogP contribution in [-0.2, 0) is 10.0 Å². The van der Waals surface area contributed by atoms with E-state index in [-0.39, 0.29) is 11.5 Å². The second-order valence-corrected chi connectivity index (χ2v) is 6.67. The number of aryl methyl sites for hydroxylation is 2. The molecule has 0 fully saturated rings. The lowest BCUT2D eigenvalue weighted by molar-refractivity contribution is 0.296. The quantitative estimate of drug-likeness (QED) is 0.685. The first-order valence-electron chi connectivity index (χ1n) is 5.60. The molecule has 104 valence electrons. The molecule has 0 saturated heterocycles. The average molecular weight is 294 g/mol. The van der Waals surface area contributed by atoms with Crippen LogP contribution in [-0.4, -0.2) is 43.3 Å². The highest BCUT2D eigenvalue weighted by atomic mass is 32.2. The van der Waals surface area contributed by atoms with Crippen molar-refractivity contribution in [2.45, 2.75) is 25.2 Å². The van der Waals surface area contributed by atoms with Crippen LogP contribution in [0.5, 0.6) is 0 Å². The summed E-state index contributed by atoms with van der Waals surface area (Å²) in [5.74, 6) is 1.79. The minimum atomic E-state index is -3.54. The molecule has 0 saturated carbocycles. The summed E-state index contributed by atoms with van der Waals surface area (Å²) >= 11 is 1.60. The molecule has 0 radical (unpaired) electrons. The zero-order valence-electron chi connectivity index (χ0n) is 10.5. The first-order valence-corrected chi connectivity index (χ1v) is 8.24. The molecule has 0 aliphatic heterocycles. The fourth-order valence-electron chi connectivity index (χ4n) is 1.45. The highest BCUT2D eigenvalue weighted by Crippen LogP contribution is 2.18. The smallest absolute Gasteiger partial charge is 0.245 e. The Morgan fingerprint density at radius 2 is 2.11 bits per heavy atom. The monoisotopic (exact) mass is 294 g/mol. The number of hydrogen-bond acceptors (Lipinski definition) is 6. The number of thioether (sulfide) groups is 1. The van der Waals surface area contributed by atoms with E-state index in [1.54, 1.807) is 25.6 Å². The van der Waals surface area contributed by atoms with Gasteiger partial charge in [0.1, 0.15) is 10.6 Å². The Hall–Kier alpha value is -0.570. The Morgan fingerprint density at radius 1 is 1.39 bits per heavy atom. The van der Waals surface area contributed by atoms with Crippen LogP contribution >= 0.6 is 11.8 Å². The first kappa shape index (κ1) is 15.5. The molecular formula is C10H18N2O4S2. The number of aromatic nitrogens is 1. The van der Waals surface area contributed by atoms with Gasteiger partial charge in [-0.1, -0.05) is 5.16 Å². The number of nitrogens with one attached hydrogen (secondary N) is 1. The topological polar surface area (TPSA) is 92.4 Å². The molecule has 0 amide bonds. The van der Waals surface area contributed by atoms with Gasteiger partial charge in [-0.05, 0) is 26.0 Å². The SMILES string of the molecule is Cc1noc(C)c1S(=O)(=O)NCCSCCCO. The van der Waals surface area contributed by atoms with Crippen LogP contribution in [0.15, 0.2) is 9.42 Å². The van der Waals surface area contributed by atoms with Gasteiger partial charge in [0.2, 0.25) is 10.0 Å². The molecule has 1 rings (SSSR count). The maximum absolute atomic E-state index is 12.0. The van der Waals surface area contributed by atoms with E-state index in [1.807, 2.05) is 0 Å². The Labute approximate surface area is 111 Å². The zero-order valence-corrected chi connectivity index (χ0v) is 12.1. The van der Waals surface area contributed by atoms with Crippen molar-refractivity contribution in [3.63, 3.8) is 0 Å². The molecule has 0 bridgehead atoms. The van der Waals surface area contributed by atoms with Gasteiger partial charge in [-0.15, -0.1) is 0 Å². The molecule has 0 aromatic carbocycles. The molecule has 0 aliphatic rings. The first-order chi connectivity index (χ1) is 8.49. The summed E-state index contributed by atoms with van der Waals surface area (Å²) in [6.45, 7) is 3.69. The van der Waals surface area contributed by atoms with E-state index in [0.29, 0.717) is 23.8 Å². The van der Waals surface area contributed by atoms with Crippen LogP contribution in [0.2, 0.25) is 0 Å². The van der Waals surface area contributed by atoms with Crippen LogP contribution in [0, 0.1) is 13.8 Å². The van der Waals surface area contributed by atoms with E-state index in [0.717, 1.165) is 12.2 Å². The highest BCUT2D eigenvalue weighted by Gasteiger charge is 2.23. The van der Waals surface area contributed by atoms with Crippen molar-refractivity contribution in [1.29, 1.82) is 0 Å². The lowest BCUT2D eigenvalue weighted by Gasteiger charge is -2.05. The van der Waals surface area contributed by atoms with Gasteiger partial charge in [-0.2, -0.15) is 11.8 Å². The third kappa shape index (κ3) is 4.27. The van der Waals surface area contributed by atoms with Crippen molar-refractivity contribution < 1.29 is 18.0 Å².